The van der Waals surface area contributed by atoms with Crippen molar-refractivity contribution < 1.29 is 13.2 Å². The molecule has 4 rings (SSSR count). The zero-order valence-corrected chi connectivity index (χ0v) is 17.2. The van der Waals surface area contributed by atoms with Gasteiger partial charge in [0.05, 0.1) is 29.8 Å². The molecule has 0 spiro atoms. The Morgan fingerprint density at radius 3 is 2.72 bits per heavy atom. The van der Waals surface area contributed by atoms with Crippen LogP contribution in [0.1, 0.15) is 35.7 Å². The maximum atomic E-state index is 13.1. The SMILES string of the molecule is CCCN(C(=O)c1cnc2c(cnn2Cc2ccccc2)c1)C1CCS(=O)(=O)C1. The van der Waals surface area contributed by atoms with Gasteiger partial charge in [0, 0.05) is 24.2 Å². The Balaban J connectivity index is 1.59. The third-order valence-corrected chi connectivity index (χ3v) is 7.02. The van der Waals surface area contributed by atoms with Crippen molar-refractivity contribution in [3.63, 3.8) is 0 Å². The van der Waals surface area contributed by atoms with Crippen molar-refractivity contribution in [3.05, 3.63) is 59.9 Å². The highest BCUT2D eigenvalue weighted by Gasteiger charge is 2.34. The molecule has 0 radical (unpaired) electrons. The van der Waals surface area contributed by atoms with E-state index in [0.717, 1.165) is 23.0 Å². The summed E-state index contributed by atoms with van der Waals surface area (Å²) in [6.45, 7) is 3.12. The summed E-state index contributed by atoms with van der Waals surface area (Å²) in [5, 5.41) is 5.21. The minimum atomic E-state index is -3.06. The van der Waals surface area contributed by atoms with Crippen molar-refractivity contribution in [2.75, 3.05) is 18.1 Å². The van der Waals surface area contributed by atoms with E-state index in [1.54, 1.807) is 23.4 Å². The summed E-state index contributed by atoms with van der Waals surface area (Å²) in [6.07, 6.45) is 4.55. The molecule has 2 aromatic heterocycles. The maximum Gasteiger partial charge on any atom is 0.255 e. The van der Waals surface area contributed by atoms with Crippen molar-refractivity contribution in [1.82, 2.24) is 19.7 Å². The second kappa shape index (κ2) is 7.94. The molecule has 1 aliphatic rings. The first-order valence-electron chi connectivity index (χ1n) is 9.84. The third kappa shape index (κ3) is 4.17. The molecule has 1 saturated heterocycles. The molecule has 8 heteroatoms. The molecule has 0 bridgehead atoms. The molecule has 1 aromatic carbocycles. The van der Waals surface area contributed by atoms with Crippen molar-refractivity contribution in [2.24, 2.45) is 0 Å². The van der Waals surface area contributed by atoms with Gasteiger partial charge in [0.2, 0.25) is 0 Å². The summed E-state index contributed by atoms with van der Waals surface area (Å²) in [7, 11) is -3.06. The van der Waals surface area contributed by atoms with E-state index in [2.05, 4.69) is 10.1 Å². The molecule has 152 valence electrons. The predicted molar refractivity (Wildman–Crippen MR) is 111 cm³/mol. The fourth-order valence-electron chi connectivity index (χ4n) is 3.84. The Kier molecular flexibility index (Phi) is 5.36. The molecule has 29 heavy (non-hydrogen) atoms. The van der Waals surface area contributed by atoms with E-state index in [4.69, 9.17) is 0 Å². The fourth-order valence-corrected chi connectivity index (χ4v) is 5.57. The minimum absolute atomic E-state index is 0.0451. The smallest absolute Gasteiger partial charge is 0.255 e. The van der Waals surface area contributed by atoms with Gasteiger partial charge < -0.3 is 4.90 Å². The molecule has 0 N–H and O–H groups in total. The Bertz CT molecular complexity index is 1130. The standard InChI is InChI=1S/C21H24N4O3S/c1-2-9-24(19-8-10-29(27,28)15-19)21(26)18-11-17-13-23-25(20(17)22-12-18)14-16-6-4-3-5-7-16/h3-7,11-13,19H,2,8-10,14-15H2,1H3. The van der Waals surface area contributed by atoms with Crippen LogP contribution in [0.5, 0.6) is 0 Å². The summed E-state index contributed by atoms with van der Waals surface area (Å²) in [6, 6.07) is 11.5. The largest absolute Gasteiger partial charge is 0.335 e. The summed E-state index contributed by atoms with van der Waals surface area (Å²) < 4.78 is 25.6. The lowest BCUT2D eigenvalue weighted by Gasteiger charge is -2.28. The number of carbonyl (C=O) groups excluding carboxylic acids is 1. The van der Waals surface area contributed by atoms with Crippen molar-refractivity contribution in [3.8, 4) is 0 Å². The van der Waals surface area contributed by atoms with Crippen LogP contribution in [0.25, 0.3) is 11.0 Å². The zero-order valence-electron chi connectivity index (χ0n) is 16.4. The van der Waals surface area contributed by atoms with Crippen LogP contribution < -0.4 is 0 Å². The molecular formula is C21H24N4O3S. The summed E-state index contributed by atoms with van der Waals surface area (Å²) in [5.41, 5.74) is 2.31. The van der Waals surface area contributed by atoms with Gasteiger partial charge in [-0.1, -0.05) is 37.3 Å². The molecular weight excluding hydrogens is 388 g/mol. The second-order valence-electron chi connectivity index (χ2n) is 7.48. The highest BCUT2D eigenvalue weighted by molar-refractivity contribution is 7.91. The number of aromatic nitrogens is 3. The van der Waals surface area contributed by atoms with E-state index in [-0.39, 0.29) is 23.5 Å². The lowest BCUT2D eigenvalue weighted by Crippen LogP contribution is -2.41. The first kappa shape index (κ1) is 19.6. The van der Waals surface area contributed by atoms with Gasteiger partial charge in [0.1, 0.15) is 0 Å². The Morgan fingerprint density at radius 2 is 2.03 bits per heavy atom. The highest BCUT2D eigenvalue weighted by Crippen LogP contribution is 2.22. The van der Waals surface area contributed by atoms with E-state index in [0.29, 0.717) is 25.1 Å². The highest BCUT2D eigenvalue weighted by atomic mass is 32.2. The van der Waals surface area contributed by atoms with Crippen molar-refractivity contribution in [1.29, 1.82) is 0 Å². The van der Waals surface area contributed by atoms with Crippen LogP contribution in [0.4, 0.5) is 0 Å². The maximum absolute atomic E-state index is 13.1. The van der Waals surface area contributed by atoms with E-state index in [1.165, 1.54) is 0 Å². The van der Waals surface area contributed by atoms with Gasteiger partial charge in [0.15, 0.2) is 15.5 Å². The number of hydrogen-bond donors (Lipinski definition) is 0. The lowest BCUT2D eigenvalue weighted by atomic mass is 10.1. The molecule has 1 aliphatic heterocycles. The second-order valence-corrected chi connectivity index (χ2v) is 9.71. The van der Waals surface area contributed by atoms with Crippen LogP contribution >= 0.6 is 0 Å². The number of amides is 1. The lowest BCUT2D eigenvalue weighted by molar-refractivity contribution is 0.0697. The number of sulfone groups is 1. The normalized spacial score (nSPS) is 18.2. The first-order valence-corrected chi connectivity index (χ1v) is 11.7. The minimum Gasteiger partial charge on any atom is -0.335 e. The molecule has 1 amide bonds. The van der Waals surface area contributed by atoms with E-state index in [9.17, 15) is 13.2 Å². The first-order chi connectivity index (χ1) is 14.0. The monoisotopic (exact) mass is 412 g/mol. The Hall–Kier alpha value is -2.74. The van der Waals surface area contributed by atoms with Crippen LogP contribution in [-0.4, -0.2) is 58.1 Å². The van der Waals surface area contributed by atoms with Crippen LogP contribution in [0.3, 0.4) is 0 Å². The molecule has 7 nitrogen and oxygen atoms in total. The summed E-state index contributed by atoms with van der Waals surface area (Å²) >= 11 is 0. The van der Waals surface area contributed by atoms with Crippen LogP contribution in [0.15, 0.2) is 48.8 Å². The molecule has 1 unspecified atom stereocenters. The van der Waals surface area contributed by atoms with E-state index >= 15 is 0 Å². The van der Waals surface area contributed by atoms with Gasteiger partial charge in [0.25, 0.3) is 5.91 Å². The van der Waals surface area contributed by atoms with Crippen LogP contribution in [-0.2, 0) is 16.4 Å². The number of fused-ring (bicyclic) bond motifs is 1. The van der Waals surface area contributed by atoms with E-state index in [1.807, 2.05) is 41.9 Å². The third-order valence-electron chi connectivity index (χ3n) is 5.27. The molecule has 1 atom stereocenters. The molecule has 1 fully saturated rings. The average Bonchev–Trinajstić information content (AvgIpc) is 3.28. The van der Waals surface area contributed by atoms with Gasteiger partial charge in [-0.25, -0.2) is 18.1 Å². The van der Waals surface area contributed by atoms with E-state index < -0.39 is 9.84 Å². The molecule has 3 heterocycles. The fraction of sp³-hybridized carbons (Fsp3) is 0.381. The Labute approximate surface area is 170 Å². The Morgan fingerprint density at radius 1 is 1.24 bits per heavy atom. The van der Waals surface area contributed by atoms with Gasteiger partial charge in [-0.2, -0.15) is 5.10 Å². The molecule has 0 saturated carbocycles. The van der Waals surface area contributed by atoms with Crippen molar-refractivity contribution in [2.45, 2.75) is 32.4 Å². The predicted octanol–water partition coefficient (Wildman–Crippen LogP) is 2.52. The van der Waals surface area contributed by atoms with Gasteiger partial charge in [-0.3, -0.25) is 4.79 Å². The van der Waals surface area contributed by atoms with Crippen molar-refractivity contribution >= 4 is 26.8 Å². The average molecular weight is 413 g/mol. The number of benzene rings is 1. The van der Waals surface area contributed by atoms with Gasteiger partial charge in [-0.15, -0.1) is 0 Å². The number of rotatable bonds is 6. The number of hydrogen-bond acceptors (Lipinski definition) is 5. The number of carbonyl (C=O) groups is 1. The molecule has 3 aromatic rings. The summed E-state index contributed by atoms with van der Waals surface area (Å²) in [5.74, 6) is 0.0251. The van der Waals surface area contributed by atoms with Crippen LogP contribution in [0.2, 0.25) is 0 Å². The zero-order chi connectivity index (χ0) is 20.4. The number of nitrogens with zero attached hydrogens (tertiary/aromatic N) is 4. The van der Waals surface area contributed by atoms with Crippen LogP contribution in [0, 0.1) is 0 Å². The quantitative estimate of drug-likeness (QED) is 0.621. The number of pyridine rings is 1. The summed E-state index contributed by atoms with van der Waals surface area (Å²) in [4.78, 5) is 19.3. The van der Waals surface area contributed by atoms with Gasteiger partial charge in [-0.05, 0) is 24.5 Å². The molecule has 0 aliphatic carbocycles. The van der Waals surface area contributed by atoms with Gasteiger partial charge >= 0.3 is 0 Å². The topological polar surface area (TPSA) is 85.2 Å².